The summed E-state index contributed by atoms with van der Waals surface area (Å²) in [5.74, 6) is 0.629. The van der Waals surface area contributed by atoms with Crippen molar-refractivity contribution in [1.29, 1.82) is 0 Å². The van der Waals surface area contributed by atoms with E-state index in [4.69, 9.17) is 9.52 Å². The largest absolute Gasteiger partial charge is 0.441 e. The van der Waals surface area contributed by atoms with E-state index in [1.807, 2.05) is 6.92 Å². The van der Waals surface area contributed by atoms with Crippen LogP contribution in [-0.2, 0) is 11.2 Å². The van der Waals surface area contributed by atoms with Gasteiger partial charge in [0.15, 0.2) is 11.7 Å². The Morgan fingerprint density at radius 1 is 1.41 bits per heavy atom. The predicted molar refractivity (Wildman–Crippen MR) is 79.5 cm³/mol. The Morgan fingerprint density at radius 2 is 2.14 bits per heavy atom. The highest BCUT2D eigenvalue weighted by Gasteiger charge is 2.10. The van der Waals surface area contributed by atoms with E-state index in [9.17, 15) is 9.18 Å². The fraction of sp³-hybridized carbons (Fsp3) is 0.375. The molecule has 22 heavy (non-hydrogen) atoms. The number of aliphatic hydroxyl groups excluding tert-OH is 1. The molecule has 0 aliphatic carbocycles. The second-order valence-electron chi connectivity index (χ2n) is 5.22. The molecule has 118 valence electrons. The van der Waals surface area contributed by atoms with Gasteiger partial charge in [0, 0.05) is 31.6 Å². The SMILES string of the molecule is CC(CO)CNC(=O)CCc1ncc(-c2ccc(F)cc2)o1. The summed E-state index contributed by atoms with van der Waals surface area (Å²) in [4.78, 5) is 15.8. The summed E-state index contributed by atoms with van der Waals surface area (Å²) in [6.07, 6.45) is 2.22. The topological polar surface area (TPSA) is 75.4 Å². The first kappa shape index (κ1) is 16.2. The zero-order valence-corrected chi connectivity index (χ0v) is 12.4. The van der Waals surface area contributed by atoms with Gasteiger partial charge < -0.3 is 14.8 Å². The average Bonchev–Trinajstić information content (AvgIpc) is 3.00. The normalized spacial score (nSPS) is 12.1. The smallest absolute Gasteiger partial charge is 0.220 e. The van der Waals surface area contributed by atoms with Gasteiger partial charge in [0.1, 0.15) is 5.82 Å². The van der Waals surface area contributed by atoms with Crippen LogP contribution in [0.25, 0.3) is 11.3 Å². The Bertz CT molecular complexity index is 610. The second kappa shape index (κ2) is 7.70. The van der Waals surface area contributed by atoms with Crippen LogP contribution in [0.5, 0.6) is 0 Å². The van der Waals surface area contributed by atoms with Crippen molar-refractivity contribution in [2.24, 2.45) is 5.92 Å². The number of amides is 1. The van der Waals surface area contributed by atoms with Gasteiger partial charge in [0.05, 0.1) is 6.20 Å². The van der Waals surface area contributed by atoms with Crippen molar-refractivity contribution in [3.8, 4) is 11.3 Å². The third-order valence-corrected chi connectivity index (χ3v) is 3.21. The molecular weight excluding hydrogens is 287 g/mol. The van der Waals surface area contributed by atoms with Crippen LogP contribution < -0.4 is 5.32 Å². The van der Waals surface area contributed by atoms with Crippen LogP contribution in [-0.4, -0.2) is 29.1 Å². The second-order valence-corrected chi connectivity index (χ2v) is 5.22. The molecule has 0 bridgehead atoms. The fourth-order valence-corrected chi connectivity index (χ4v) is 1.83. The lowest BCUT2D eigenvalue weighted by Crippen LogP contribution is -2.29. The Hall–Kier alpha value is -2.21. The molecule has 1 aromatic carbocycles. The monoisotopic (exact) mass is 306 g/mol. The maximum Gasteiger partial charge on any atom is 0.220 e. The number of halogens is 1. The van der Waals surface area contributed by atoms with E-state index in [2.05, 4.69) is 10.3 Å². The molecule has 2 N–H and O–H groups in total. The Kier molecular flexibility index (Phi) is 5.66. The number of carbonyl (C=O) groups is 1. The van der Waals surface area contributed by atoms with Crippen molar-refractivity contribution < 1.29 is 18.7 Å². The summed E-state index contributed by atoms with van der Waals surface area (Å²) in [5.41, 5.74) is 0.737. The summed E-state index contributed by atoms with van der Waals surface area (Å²) in [5, 5.41) is 11.6. The molecule has 0 aliphatic rings. The number of aliphatic hydroxyl groups is 1. The third kappa shape index (κ3) is 4.66. The number of nitrogens with one attached hydrogen (secondary N) is 1. The quantitative estimate of drug-likeness (QED) is 0.822. The van der Waals surface area contributed by atoms with Crippen molar-refractivity contribution in [1.82, 2.24) is 10.3 Å². The number of aromatic nitrogens is 1. The predicted octanol–water partition coefficient (Wildman–Crippen LogP) is 2.16. The molecule has 0 saturated heterocycles. The van der Waals surface area contributed by atoms with Crippen molar-refractivity contribution in [3.63, 3.8) is 0 Å². The van der Waals surface area contributed by atoms with Gasteiger partial charge in [-0.05, 0) is 30.2 Å². The molecule has 1 amide bonds. The molecule has 0 radical (unpaired) electrons. The lowest BCUT2D eigenvalue weighted by Gasteiger charge is -2.08. The van der Waals surface area contributed by atoms with Crippen LogP contribution in [0, 0.1) is 11.7 Å². The van der Waals surface area contributed by atoms with Gasteiger partial charge in [-0.1, -0.05) is 6.92 Å². The van der Waals surface area contributed by atoms with Crippen molar-refractivity contribution in [2.75, 3.05) is 13.2 Å². The van der Waals surface area contributed by atoms with Gasteiger partial charge in [-0.3, -0.25) is 4.79 Å². The Labute approximate surface area is 128 Å². The first-order valence-corrected chi connectivity index (χ1v) is 7.16. The number of hydrogen-bond donors (Lipinski definition) is 2. The Balaban J connectivity index is 1.84. The van der Waals surface area contributed by atoms with Crippen LogP contribution in [0.1, 0.15) is 19.2 Å². The molecule has 2 rings (SSSR count). The van der Waals surface area contributed by atoms with E-state index < -0.39 is 0 Å². The number of oxazole rings is 1. The van der Waals surface area contributed by atoms with E-state index in [0.717, 1.165) is 5.56 Å². The zero-order valence-electron chi connectivity index (χ0n) is 12.4. The van der Waals surface area contributed by atoms with E-state index >= 15 is 0 Å². The zero-order chi connectivity index (χ0) is 15.9. The molecule has 1 atom stereocenters. The number of carbonyl (C=O) groups excluding carboxylic acids is 1. The molecule has 1 unspecified atom stereocenters. The van der Waals surface area contributed by atoms with Crippen molar-refractivity contribution in [2.45, 2.75) is 19.8 Å². The van der Waals surface area contributed by atoms with E-state index in [1.165, 1.54) is 12.1 Å². The summed E-state index contributed by atoms with van der Waals surface area (Å²) in [6.45, 7) is 2.34. The maximum atomic E-state index is 12.9. The highest BCUT2D eigenvalue weighted by atomic mass is 19.1. The lowest BCUT2D eigenvalue weighted by molar-refractivity contribution is -0.121. The standard InChI is InChI=1S/C16H19FN2O3/c1-11(10-20)8-18-15(21)6-7-16-19-9-14(22-16)12-2-4-13(17)5-3-12/h2-5,9,11,20H,6-8,10H2,1H3,(H,18,21). The van der Waals surface area contributed by atoms with Crippen molar-refractivity contribution >= 4 is 5.91 Å². The Morgan fingerprint density at radius 3 is 2.82 bits per heavy atom. The highest BCUT2D eigenvalue weighted by Crippen LogP contribution is 2.21. The minimum Gasteiger partial charge on any atom is -0.441 e. The van der Waals surface area contributed by atoms with Crippen LogP contribution >= 0.6 is 0 Å². The summed E-state index contributed by atoms with van der Waals surface area (Å²) in [7, 11) is 0. The highest BCUT2D eigenvalue weighted by molar-refractivity contribution is 5.76. The average molecular weight is 306 g/mol. The number of rotatable bonds is 7. The molecule has 1 aromatic heterocycles. The van der Waals surface area contributed by atoms with Crippen LogP contribution in [0.3, 0.4) is 0 Å². The van der Waals surface area contributed by atoms with Crippen LogP contribution in [0.2, 0.25) is 0 Å². The minimum absolute atomic E-state index is 0.0377. The van der Waals surface area contributed by atoms with E-state index in [0.29, 0.717) is 24.6 Å². The minimum atomic E-state index is -0.308. The molecule has 1 heterocycles. The number of nitrogens with zero attached hydrogens (tertiary/aromatic N) is 1. The van der Waals surface area contributed by atoms with Gasteiger partial charge in [-0.25, -0.2) is 9.37 Å². The molecule has 6 heteroatoms. The number of hydrogen-bond acceptors (Lipinski definition) is 4. The van der Waals surface area contributed by atoms with Gasteiger partial charge in [-0.15, -0.1) is 0 Å². The molecule has 0 saturated carbocycles. The summed E-state index contributed by atoms with van der Waals surface area (Å²) >= 11 is 0. The van der Waals surface area contributed by atoms with Crippen LogP contribution in [0.4, 0.5) is 4.39 Å². The van der Waals surface area contributed by atoms with Gasteiger partial charge in [-0.2, -0.15) is 0 Å². The fourth-order valence-electron chi connectivity index (χ4n) is 1.83. The van der Waals surface area contributed by atoms with Gasteiger partial charge >= 0.3 is 0 Å². The third-order valence-electron chi connectivity index (χ3n) is 3.21. The van der Waals surface area contributed by atoms with Gasteiger partial charge in [0.2, 0.25) is 5.91 Å². The molecular formula is C16H19FN2O3. The molecule has 0 fully saturated rings. The molecule has 5 nitrogen and oxygen atoms in total. The number of aryl methyl sites for hydroxylation is 1. The number of benzene rings is 1. The van der Waals surface area contributed by atoms with Crippen molar-refractivity contribution in [3.05, 3.63) is 42.2 Å². The molecule has 2 aromatic rings. The first-order chi connectivity index (χ1) is 10.6. The lowest BCUT2D eigenvalue weighted by atomic mass is 10.2. The molecule has 0 aliphatic heterocycles. The first-order valence-electron chi connectivity index (χ1n) is 7.16. The van der Waals surface area contributed by atoms with E-state index in [1.54, 1.807) is 18.3 Å². The summed E-state index contributed by atoms with van der Waals surface area (Å²) in [6, 6.07) is 5.94. The van der Waals surface area contributed by atoms with Gasteiger partial charge in [0.25, 0.3) is 0 Å². The van der Waals surface area contributed by atoms with Crippen LogP contribution in [0.15, 0.2) is 34.9 Å². The van der Waals surface area contributed by atoms with E-state index in [-0.39, 0.29) is 30.7 Å². The molecule has 0 spiro atoms. The maximum absolute atomic E-state index is 12.9. The summed E-state index contributed by atoms with van der Waals surface area (Å²) < 4.78 is 18.4.